The Hall–Kier alpha value is -0.810. The van der Waals surface area contributed by atoms with Gasteiger partial charge in [-0.05, 0) is 32.0 Å². The fourth-order valence-corrected chi connectivity index (χ4v) is 3.16. The van der Waals surface area contributed by atoms with Crippen molar-refractivity contribution in [3.63, 3.8) is 0 Å². The van der Waals surface area contributed by atoms with E-state index < -0.39 is 15.3 Å². The number of halogens is 1. The van der Waals surface area contributed by atoms with E-state index in [4.69, 9.17) is 0 Å². The first-order valence-corrected chi connectivity index (χ1v) is 7.24. The fraction of sp³-hybridized carbons (Fsp3) is 0.273. The van der Waals surface area contributed by atoms with Crippen LogP contribution in [0.4, 0.5) is 0 Å². The van der Waals surface area contributed by atoms with Crippen molar-refractivity contribution in [2.24, 2.45) is 0 Å². The quantitative estimate of drug-likeness (QED) is 0.855. The lowest BCUT2D eigenvalue weighted by molar-refractivity contribution is 0.580. The van der Waals surface area contributed by atoms with E-state index in [0.717, 1.165) is 9.86 Å². The van der Waals surface area contributed by atoms with Gasteiger partial charge in [0.1, 0.15) is 0 Å². The molecule has 0 saturated heterocycles. The molecule has 86 valence electrons. The highest BCUT2D eigenvalue weighted by atomic mass is 79.9. The minimum absolute atomic E-state index is 0.429. The average Bonchev–Trinajstić information content (AvgIpc) is 2.63. The predicted octanol–water partition coefficient (Wildman–Crippen LogP) is 2.99. The average molecular weight is 302 g/mol. The van der Waals surface area contributed by atoms with Crippen molar-refractivity contribution < 1.29 is 8.42 Å². The smallest absolute Gasteiger partial charge is 0.241 e. The van der Waals surface area contributed by atoms with Gasteiger partial charge in [0.15, 0.2) is 0 Å². The van der Waals surface area contributed by atoms with E-state index in [9.17, 15) is 8.42 Å². The topological polar surface area (TPSA) is 39.1 Å². The van der Waals surface area contributed by atoms with Crippen LogP contribution in [0.15, 0.2) is 34.9 Å². The summed E-state index contributed by atoms with van der Waals surface area (Å²) in [5, 5.41) is 0.480. The van der Waals surface area contributed by atoms with E-state index in [1.165, 1.54) is 3.97 Å². The van der Waals surface area contributed by atoms with Gasteiger partial charge < -0.3 is 0 Å². The molecule has 0 saturated carbocycles. The zero-order valence-corrected chi connectivity index (χ0v) is 11.4. The lowest BCUT2D eigenvalue weighted by Crippen LogP contribution is -2.21. The van der Waals surface area contributed by atoms with Crippen molar-refractivity contribution in [1.29, 1.82) is 0 Å². The van der Waals surface area contributed by atoms with Gasteiger partial charge in [-0.15, -0.1) is 0 Å². The van der Waals surface area contributed by atoms with Crippen LogP contribution in [-0.2, 0) is 10.0 Å². The predicted molar refractivity (Wildman–Crippen MR) is 69.1 cm³/mol. The fourth-order valence-electron chi connectivity index (χ4n) is 1.55. The van der Waals surface area contributed by atoms with Crippen LogP contribution in [0.3, 0.4) is 0 Å². The molecule has 3 nitrogen and oxygen atoms in total. The molecule has 0 radical (unpaired) electrons. The Balaban J connectivity index is 2.78. The van der Waals surface area contributed by atoms with Gasteiger partial charge in [-0.2, -0.15) is 0 Å². The number of aromatic nitrogens is 1. The molecule has 16 heavy (non-hydrogen) atoms. The highest BCUT2D eigenvalue weighted by Gasteiger charge is 2.20. The van der Waals surface area contributed by atoms with Gasteiger partial charge in [-0.1, -0.05) is 22.0 Å². The Kier molecular flexibility index (Phi) is 2.84. The first-order valence-electron chi connectivity index (χ1n) is 4.94. The summed E-state index contributed by atoms with van der Waals surface area (Å²) in [5.74, 6) is 0. The van der Waals surface area contributed by atoms with Crippen molar-refractivity contribution in [1.82, 2.24) is 3.97 Å². The molecule has 1 aromatic carbocycles. The summed E-state index contributed by atoms with van der Waals surface area (Å²) in [6, 6.07) is 7.34. The molecule has 1 heterocycles. The molecule has 0 aliphatic heterocycles. The third-order valence-electron chi connectivity index (χ3n) is 2.51. The molecule has 0 atom stereocenters. The van der Waals surface area contributed by atoms with Crippen molar-refractivity contribution in [3.05, 3.63) is 34.9 Å². The molecule has 0 fully saturated rings. The van der Waals surface area contributed by atoms with Crippen LogP contribution < -0.4 is 0 Å². The summed E-state index contributed by atoms with van der Waals surface area (Å²) in [5.41, 5.74) is 0.711. The second kappa shape index (κ2) is 3.89. The van der Waals surface area contributed by atoms with E-state index in [2.05, 4.69) is 15.9 Å². The zero-order valence-electron chi connectivity index (χ0n) is 9.01. The molecule has 5 heteroatoms. The first-order chi connectivity index (χ1) is 7.44. The number of rotatable bonds is 2. The Labute approximate surface area is 103 Å². The maximum absolute atomic E-state index is 12.1. The van der Waals surface area contributed by atoms with Gasteiger partial charge in [0.05, 0.1) is 10.8 Å². The molecule has 0 spiro atoms. The number of benzene rings is 1. The van der Waals surface area contributed by atoms with Gasteiger partial charge in [0.25, 0.3) is 0 Å². The summed E-state index contributed by atoms with van der Waals surface area (Å²) < 4.78 is 26.4. The van der Waals surface area contributed by atoms with Gasteiger partial charge in [0, 0.05) is 16.1 Å². The number of fused-ring (bicyclic) bond motifs is 1. The summed E-state index contributed by atoms with van der Waals surface area (Å²) >= 11 is 3.41. The minimum Gasteiger partial charge on any atom is -0.245 e. The van der Waals surface area contributed by atoms with E-state index in [-0.39, 0.29) is 0 Å². The molecule has 2 aromatic rings. The largest absolute Gasteiger partial charge is 0.245 e. The van der Waals surface area contributed by atoms with Crippen LogP contribution in [0.5, 0.6) is 0 Å². The van der Waals surface area contributed by atoms with Crippen LogP contribution >= 0.6 is 15.9 Å². The standard InChI is InChI=1S/C11H12BrNO2S/c1-8(2)16(14,15)13-7-6-9-10(12)4-3-5-11(9)13/h3-8H,1-2H3. The van der Waals surface area contributed by atoms with Gasteiger partial charge in [-0.3, -0.25) is 0 Å². The minimum atomic E-state index is -3.28. The van der Waals surface area contributed by atoms with E-state index in [0.29, 0.717) is 5.52 Å². The Morgan fingerprint density at radius 3 is 2.56 bits per heavy atom. The highest BCUT2D eigenvalue weighted by molar-refractivity contribution is 9.10. The van der Waals surface area contributed by atoms with E-state index in [1.54, 1.807) is 32.2 Å². The highest BCUT2D eigenvalue weighted by Crippen LogP contribution is 2.26. The molecular formula is C11H12BrNO2S. The van der Waals surface area contributed by atoms with Crippen molar-refractivity contribution in [2.45, 2.75) is 19.1 Å². The molecule has 1 aromatic heterocycles. The number of nitrogens with zero attached hydrogens (tertiary/aromatic N) is 1. The third kappa shape index (κ3) is 1.68. The second-order valence-electron chi connectivity index (χ2n) is 3.88. The monoisotopic (exact) mass is 301 g/mol. The SMILES string of the molecule is CC(C)S(=O)(=O)n1ccc2c(Br)cccc21. The van der Waals surface area contributed by atoms with Crippen molar-refractivity contribution >= 4 is 36.9 Å². The normalized spacial score (nSPS) is 12.5. The van der Waals surface area contributed by atoms with Crippen LogP contribution in [0, 0.1) is 0 Å². The van der Waals surface area contributed by atoms with E-state index >= 15 is 0 Å². The summed E-state index contributed by atoms with van der Waals surface area (Å²) in [4.78, 5) is 0. The van der Waals surface area contributed by atoms with E-state index in [1.807, 2.05) is 12.1 Å². The van der Waals surface area contributed by atoms with Gasteiger partial charge >= 0.3 is 0 Å². The number of hydrogen-bond acceptors (Lipinski definition) is 2. The lowest BCUT2D eigenvalue weighted by Gasteiger charge is -2.10. The lowest BCUT2D eigenvalue weighted by atomic mass is 10.3. The van der Waals surface area contributed by atoms with Crippen LogP contribution in [0.1, 0.15) is 13.8 Å². The Bertz CT molecular complexity index is 628. The summed E-state index contributed by atoms with van der Waals surface area (Å²) in [6.45, 7) is 3.36. The second-order valence-corrected chi connectivity index (χ2v) is 7.10. The molecule has 2 rings (SSSR count). The first kappa shape index (κ1) is 11.7. The summed E-state index contributed by atoms with van der Waals surface area (Å²) in [7, 11) is -3.28. The van der Waals surface area contributed by atoms with Crippen molar-refractivity contribution in [2.75, 3.05) is 0 Å². The van der Waals surface area contributed by atoms with Crippen molar-refractivity contribution in [3.8, 4) is 0 Å². The summed E-state index contributed by atoms with van der Waals surface area (Å²) in [6.07, 6.45) is 1.60. The molecule has 0 aliphatic rings. The van der Waals surface area contributed by atoms with Crippen LogP contribution in [0.2, 0.25) is 0 Å². The molecular weight excluding hydrogens is 290 g/mol. The van der Waals surface area contributed by atoms with Crippen LogP contribution in [0.25, 0.3) is 10.9 Å². The molecule has 0 unspecified atom stereocenters. The Morgan fingerprint density at radius 2 is 1.94 bits per heavy atom. The zero-order chi connectivity index (χ0) is 11.9. The Morgan fingerprint density at radius 1 is 1.25 bits per heavy atom. The van der Waals surface area contributed by atoms with Gasteiger partial charge in [0.2, 0.25) is 10.0 Å². The third-order valence-corrected chi connectivity index (χ3v) is 5.26. The van der Waals surface area contributed by atoms with Crippen LogP contribution in [-0.4, -0.2) is 17.6 Å². The molecule has 0 aliphatic carbocycles. The molecule has 0 N–H and O–H groups in total. The molecule has 0 bridgehead atoms. The number of hydrogen-bond donors (Lipinski definition) is 0. The molecule has 0 amide bonds. The maximum Gasteiger partial charge on any atom is 0.241 e. The maximum atomic E-state index is 12.1. The van der Waals surface area contributed by atoms with Gasteiger partial charge in [-0.25, -0.2) is 12.4 Å².